The molecule has 1 aliphatic rings. The molecule has 0 aromatic heterocycles. The predicted molar refractivity (Wildman–Crippen MR) is 30.3 cm³/mol. The summed E-state index contributed by atoms with van der Waals surface area (Å²) in [5.41, 5.74) is 0. The van der Waals surface area contributed by atoms with Crippen LogP contribution in [0.1, 0.15) is 12.8 Å². The number of aliphatic hydroxyl groups excluding tert-OH is 1. The fourth-order valence-electron chi connectivity index (χ4n) is 0.824. The fourth-order valence-corrected chi connectivity index (χ4v) is 0.824. The molecule has 0 amide bonds. The molecule has 2 atom stereocenters. The Kier molecular flexibility index (Phi) is 1.86. The van der Waals surface area contributed by atoms with Crippen LogP contribution in [-0.4, -0.2) is 23.9 Å². The molecule has 47 valence electrons. The van der Waals surface area contributed by atoms with Gasteiger partial charge in [-0.2, -0.15) is 0 Å². The Bertz CT molecular complexity index is 62.9. The molecule has 2 nitrogen and oxygen atoms in total. The second-order valence-corrected chi connectivity index (χ2v) is 2.12. The topological polar surface area (TPSA) is 29.5 Å². The molecule has 1 fully saturated rings. The molecule has 0 saturated carbocycles. The molecule has 0 aromatic rings. The molecule has 1 radical (unpaired) electrons. The Balaban J connectivity index is 2.28. The highest BCUT2D eigenvalue weighted by atomic mass is 16.5. The van der Waals surface area contributed by atoms with E-state index in [0.29, 0.717) is 0 Å². The van der Waals surface area contributed by atoms with Crippen molar-refractivity contribution in [2.75, 3.05) is 6.61 Å². The molecule has 0 aromatic carbocycles. The van der Waals surface area contributed by atoms with Crippen LogP contribution in [-0.2, 0) is 4.74 Å². The largest absolute Gasteiger partial charge is 0.390 e. The first-order valence-electron chi connectivity index (χ1n) is 2.93. The maximum Gasteiger partial charge on any atom is 0.0834 e. The first-order chi connectivity index (χ1) is 3.80. The third-order valence-corrected chi connectivity index (χ3v) is 1.41. The lowest BCUT2D eigenvalue weighted by molar-refractivity contribution is -0.0499. The van der Waals surface area contributed by atoms with Gasteiger partial charge in [0.1, 0.15) is 0 Å². The van der Waals surface area contributed by atoms with Crippen LogP contribution in [0.15, 0.2) is 0 Å². The van der Waals surface area contributed by atoms with Crippen LogP contribution >= 0.6 is 0 Å². The minimum Gasteiger partial charge on any atom is -0.390 e. The van der Waals surface area contributed by atoms with Crippen LogP contribution in [0.2, 0.25) is 0 Å². The summed E-state index contributed by atoms with van der Waals surface area (Å²) in [6, 6.07) is 0. The van der Waals surface area contributed by atoms with E-state index in [1.165, 1.54) is 0 Å². The van der Waals surface area contributed by atoms with E-state index in [1.54, 1.807) is 0 Å². The molecule has 0 aliphatic carbocycles. The summed E-state index contributed by atoms with van der Waals surface area (Å²) in [6.07, 6.45) is 1.29. The van der Waals surface area contributed by atoms with Gasteiger partial charge in [0.15, 0.2) is 0 Å². The van der Waals surface area contributed by atoms with Crippen molar-refractivity contribution in [3.63, 3.8) is 0 Å². The normalized spacial score (nSPS) is 39.8. The van der Waals surface area contributed by atoms with Crippen molar-refractivity contribution in [2.24, 2.45) is 0 Å². The average Bonchev–Trinajstić information content (AvgIpc) is 1.77. The first-order valence-corrected chi connectivity index (χ1v) is 2.93. The predicted octanol–water partition coefficient (Wildman–Crippen LogP) is 0.360. The maximum atomic E-state index is 8.99. The van der Waals surface area contributed by atoms with Crippen LogP contribution < -0.4 is 0 Å². The van der Waals surface area contributed by atoms with E-state index in [1.807, 2.05) is 0 Å². The molecule has 0 bridgehead atoms. The third kappa shape index (κ3) is 1.20. The Labute approximate surface area is 49.5 Å². The van der Waals surface area contributed by atoms with Gasteiger partial charge in [0, 0.05) is 6.61 Å². The van der Waals surface area contributed by atoms with Gasteiger partial charge < -0.3 is 9.84 Å². The molecule has 1 aliphatic heterocycles. The molecule has 2 heteroatoms. The van der Waals surface area contributed by atoms with Crippen molar-refractivity contribution in [3.8, 4) is 0 Å². The summed E-state index contributed by atoms with van der Waals surface area (Å²) in [5, 5.41) is 8.99. The molecule has 1 rings (SSSR count). The smallest absolute Gasteiger partial charge is 0.0834 e. The SMILES string of the molecule is [CH2]C1OCCCC1O. The standard InChI is InChI=1S/C6H11O2/c1-5-6(7)3-2-4-8-5/h5-7H,1-4H2. The zero-order chi connectivity index (χ0) is 5.98. The lowest BCUT2D eigenvalue weighted by Gasteiger charge is -2.23. The van der Waals surface area contributed by atoms with Gasteiger partial charge >= 0.3 is 0 Å². The first kappa shape index (κ1) is 6.05. The van der Waals surface area contributed by atoms with E-state index in [2.05, 4.69) is 6.92 Å². The van der Waals surface area contributed by atoms with Gasteiger partial charge in [0.05, 0.1) is 12.2 Å². The quantitative estimate of drug-likeness (QED) is 0.494. The van der Waals surface area contributed by atoms with Gasteiger partial charge in [-0.25, -0.2) is 0 Å². The van der Waals surface area contributed by atoms with Crippen molar-refractivity contribution < 1.29 is 9.84 Å². The second-order valence-electron chi connectivity index (χ2n) is 2.12. The molecule has 1 heterocycles. The fraction of sp³-hybridized carbons (Fsp3) is 0.833. The minimum absolute atomic E-state index is 0.191. The van der Waals surface area contributed by atoms with Crippen molar-refractivity contribution >= 4 is 0 Å². The second kappa shape index (κ2) is 2.46. The number of hydrogen-bond acceptors (Lipinski definition) is 2. The highest BCUT2D eigenvalue weighted by Gasteiger charge is 2.18. The summed E-state index contributed by atoms with van der Waals surface area (Å²) in [4.78, 5) is 0. The summed E-state index contributed by atoms with van der Waals surface area (Å²) in [7, 11) is 0. The molecule has 8 heavy (non-hydrogen) atoms. The minimum atomic E-state index is -0.330. The van der Waals surface area contributed by atoms with E-state index in [4.69, 9.17) is 9.84 Å². The van der Waals surface area contributed by atoms with E-state index in [9.17, 15) is 0 Å². The van der Waals surface area contributed by atoms with E-state index in [0.717, 1.165) is 19.4 Å². The molecular weight excluding hydrogens is 104 g/mol. The van der Waals surface area contributed by atoms with Crippen LogP contribution in [0.3, 0.4) is 0 Å². The van der Waals surface area contributed by atoms with Crippen molar-refractivity contribution in [1.82, 2.24) is 0 Å². The average molecular weight is 115 g/mol. The van der Waals surface area contributed by atoms with Gasteiger partial charge in [-0.05, 0) is 19.8 Å². The summed E-state index contributed by atoms with van der Waals surface area (Å²) < 4.78 is 5.03. The number of rotatable bonds is 0. The summed E-state index contributed by atoms with van der Waals surface area (Å²) in [6.45, 7) is 4.36. The Morgan fingerprint density at radius 3 is 2.75 bits per heavy atom. The van der Waals surface area contributed by atoms with Crippen LogP contribution in [0.5, 0.6) is 0 Å². The van der Waals surface area contributed by atoms with Gasteiger partial charge in [-0.15, -0.1) is 0 Å². The van der Waals surface area contributed by atoms with Gasteiger partial charge in [0.2, 0.25) is 0 Å². The van der Waals surface area contributed by atoms with Crippen molar-refractivity contribution in [2.45, 2.75) is 25.0 Å². The monoisotopic (exact) mass is 115 g/mol. The molecule has 0 spiro atoms. The van der Waals surface area contributed by atoms with E-state index in [-0.39, 0.29) is 12.2 Å². The van der Waals surface area contributed by atoms with Crippen molar-refractivity contribution in [3.05, 3.63) is 6.92 Å². The Morgan fingerprint density at radius 1 is 1.62 bits per heavy atom. The molecule has 1 N–H and O–H groups in total. The lowest BCUT2D eigenvalue weighted by Crippen LogP contribution is -2.31. The van der Waals surface area contributed by atoms with E-state index < -0.39 is 0 Å². The zero-order valence-corrected chi connectivity index (χ0v) is 4.84. The Morgan fingerprint density at radius 2 is 2.38 bits per heavy atom. The number of ether oxygens (including phenoxy) is 1. The summed E-state index contributed by atoms with van der Waals surface area (Å²) >= 11 is 0. The Hall–Kier alpha value is -0.0800. The highest BCUT2D eigenvalue weighted by molar-refractivity contribution is 4.74. The third-order valence-electron chi connectivity index (χ3n) is 1.41. The van der Waals surface area contributed by atoms with Crippen LogP contribution in [0.4, 0.5) is 0 Å². The number of hydrogen-bond donors (Lipinski definition) is 1. The van der Waals surface area contributed by atoms with E-state index >= 15 is 0 Å². The molecular formula is C6H11O2. The molecule has 2 unspecified atom stereocenters. The van der Waals surface area contributed by atoms with Gasteiger partial charge in [-0.1, -0.05) is 0 Å². The zero-order valence-electron chi connectivity index (χ0n) is 4.84. The van der Waals surface area contributed by atoms with Crippen LogP contribution in [0, 0.1) is 6.92 Å². The number of aliphatic hydroxyl groups is 1. The summed E-state index contributed by atoms with van der Waals surface area (Å²) in [5.74, 6) is 0. The molecule has 1 saturated heterocycles. The van der Waals surface area contributed by atoms with Gasteiger partial charge in [-0.3, -0.25) is 0 Å². The van der Waals surface area contributed by atoms with Gasteiger partial charge in [0.25, 0.3) is 0 Å². The maximum absolute atomic E-state index is 8.99. The highest BCUT2D eigenvalue weighted by Crippen LogP contribution is 2.11. The lowest BCUT2D eigenvalue weighted by atomic mass is 10.1. The van der Waals surface area contributed by atoms with Crippen molar-refractivity contribution in [1.29, 1.82) is 0 Å². The van der Waals surface area contributed by atoms with Crippen LogP contribution in [0.25, 0.3) is 0 Å².